The second kappa shape index (κ2) is 5.40. The molecule has 4 heteroatoms. The molecule has 0 aliphatic heterocycles. The second-order valence-electron chi connectivity index (χ2n) is 2.36. The van der Waals surface area contributed by atoms with Crippen molar-refractivity contribution in [3.8, 4) is 0 Å². The molecular formula is C9H9Br2NO. The minimum atomic E-state index is 0.589. The zero-order chi connectivity index (χ0) is 9.68. The van der Waals surface area contributed by atoms with Crippen LogP contribution in [-0.4, -0.2) is 12.8 Å². The van der Waals surface area contributed by atoms with Gasteiger partial charge < -0.3 is 4.84 Å². The van der Waals surface area contributed by atoms with Gasteiger partial charge in [0.25, 0.3) is 0 Å². The maximum atomic E-state index is 4.86. The van der Waals surface area contributed by atoms with Gasteiger partial charge in [-0.05, 0) is 30.7 Å². The Hall–Kier alpha value is -0.350. The topological polar surface area (TPSA) is 21.6 Å². The molecular weight excluding hydrogens is 298 g/mol. The molecule has 0 fully saturated rings. The molecule has 0 saturated heterocycles. The fourth-order valence-corrected chi connectivity index (χ4v) is 2.15. The molecule has 0 bridgehead atoms. The molecule has 0 spiro atoms. The summed E-state index contributed by atoms with van der Waals surface area (Å²) in [4.78, 5) is 4.86. The van der Waals surface area contributed by atoms with Crippen molar-refractivity contribution in [2.45, 2.75) is 6.92 Å². The molecule has 0 saturated carbocycles. The lowest BCUT2D eigenvalue weighted by Crippen LogP contribution is -1.84. The zero-order valence-corrected chi connectivity index (χ0v) is 10.3. The van der Waals surface area contributed by atoms with E-state index in [1.54, 1.807) is 6.21 Å². The summed E-state index contributed by atoms with van der Waals surface area (Å²) in [6, 6.07) is 5.90. The number of rotatable bonds is 3. The Morgan fingerprint density at radius 3 is 2.46 bits per heavy atom. The number of benzene rings is 1. The van der Waals surface area contributed by atoms with Crippen LogP contribution < -0.4 is 0 Å². The van der Waals surface area contributed by atoms with Gasteiger partial charge in [0.2, 0.25) is 0 Å². The fourth-order valence-electron chi connectivity index (χ4n) is 0.822. The monoisotopic (exact) mass is 305 g/mol. The first kappa shape index (κ1) is 10.7. The van der Waals surface area contributed by atoms with Crippen LogP contribution in [0, 0.1) is 0 Å². The Morgan fingerprint density at radius 2 is 1.92 bits per heavy atom. The van der Waals surface area contributed by atoms with Gasteiger partial charge in [-0.1, -0.05) is 37.0 Å². The molecule has 0 heterocycles. The van der Waals surface area contributed by atoms with Crippen LogP contribution >= 0.6 is 31.9 Å². The van der Waals surface area contributed by atoms with Crippen molar-refractivity contribution in [3.63, 3.8) is 0 Å². The summed E-state index contributed by atoms with van der Waals surface area (Å²) in [7, 11) is 0. The molecule has 0 aliphatic carbocycles. The van der Waals surface area contributed by atoms with Crippen LogP contribution in [0.15, 0.2) is 32.3 Å². The van der Waals surface area contributed by atoms with Crippen molar-refractivity contribution >= 4 is 38.1 Å². The van der Waals surface area contributed by atoms with E-state index in [0.717, 1.165) is 14.5 Å². The van der Waals surface area contributed by atoms with E-state index in [1.807, 2.05) is 25.1 Å². The highest BCUT2D eigenvalue weighted by molar-refractivity contribution is 9.11. The highest BCUT2D eigenvalue weighted by atomic mass is 79.9. The molecule has 0 atom stereocenters. The lowest BCUT2D eigenvalue weighted by Gasteiger charge is -1.96. The van der Waals surface area contributed by atoms with Gasteiger partial charge in [-0.15, -0.1) is 0 Å². The number of hydrogen-bond acceptors (Lipinski definition) is 2. The van der Waals surface area contributed by atoms with Crippen molar-refractivity contribution in [2.24, 2.45) is 5.16 Å². The van der Waals surface area contributed by atoms with Gasteiger partial charge in [0, 0.05) is 8.95 Å². The van der Waals surface area contributed by atoms with Gasteiger partial charge >= 0.3 is 0 Å². The maximum absolute atomic E-state index is 4.86. The number of halogens is 2. The molecule has 2 nitrogen and oxygen atoms in total. The first-order valence-electron chi connectivity index (χ1n) is 3.84. The highest BCUT2D eigenvalue weighted by Crippen LogP contribution is 2.18. The van der Waals surface area contributed by atoms with E-state index in [2.05, 4.69) is 37.0 Å². The zero-order valence-electron chi connectivity index (χ0n) is 7.13. The fraction of sp³-hybridized carbons (Fsp3) is 0.222. The quantitative estimate of drug-likeness (QED) is 0.618. The minimum absolute atomic E-state index is 0.589. The second-order valence-corrected chi connectivity index (χ2v) is 4.19. The van der Waals surface area contributed by atoms with Crippen molar-refractivity contribution in [3.05, 3.63) is 32.7 Å². The molecule has 0 unspecified atom stereocenters. The van der Waals surface area contributed by atoms with E-state index >= 15 is 0 Å². The molecule has 70 valence electrons. The summed E-state index contributed by atoms with van der Waals surface area (Å²) in [6.07, 6.45) is 1.68. The number of oxime groups is 1. The summed E-state index contributed by atoms with van der Waals surface area (Å²) in [6.45, 7) is 2.49. The predicted molar refractivity (Wildman–Crippen MR) is 61.1 cm³/mol. The average molecular weight is 307 g/mol. The van der Waals surface area contributed by atoms with E-state index in [1.165, 1.54) is 0 Å². The Balaban J connectivity index is 2.77. The van der Waals surface area contributed by atoms with Gasteiger partial charge in [-0.2, -0.15) is 0 Å². The third-order valence-electron chi connectivity index (χ3n) is 1.29. The Kier molecular flexibility index (Phi) is 4.45. The summed E-state index contributed by atoms with van der Waals surface area (Å²) < 4.78 is 2.03. The number of nitrogens with zero attached hydrogens (tertiary/aromatic N) is 1. The Bertz CT molecular complexity index is 292. The SMILES string of the molecule is CCO/N=C/c1cc(Br)cc(Br)c1. The highest BCUT2D eigenvalue weighted by Gasteiger charge is 1.94. The van der Waals surface area contributed by atoms with Gasteiger partial charge in [-0.25, -0.2) is 0 Å². The lowest BCUT2D eigenvalue weighted by molar-refractivity contribution is 0.160. The summed E-state index contributed by atoms with van der Waals surface area (Å²) in [5.41, 5.74) is 0.995. The third-order valence-corrected chi connectivity index (χ3v) is 2.21. The van der Waals surface area contributed by atoms with Crippen LogP contribution in [0.3, 0.4) is 0 Å². The Morgan fingerprint density at radius 1 is 1.31 bits per heavy atom. The van der Waals surface area contributed by atoms with E-state index in [-0.39, 0.29) is 0 Å². The molecule has 1 aromatic rings. The molecule has 0 radical (unpaired) electrons. The summed E-state index contributed by atoms with van der Waals surface area (Å²) in [5, 5.41) is 3.78. The Labute approximate surface area is 94.2 Å². The van der Waals surface area contributed by atoms with Crippen LogP contribution in [-0.2, 0) is 4.84 Å². The van der Waals surface area contributed by atoms with Crippen LogP contribution in [0.4, 0.5) is 0 Å². The largest absolute Gasteiger partial charge is 0.396 e. The van der Waals surface area contributed by atoms with Crippen molar-refractivity contribution in [1.82, 2.24) is 0 Å². The van der Waals surface area contributed by atoms with Crippen LogP contribution in [0.25, 0.3) is 0 Å². The van der Waals surface area contributed by atoms with Crippen molar-refractivity contribution < 1.29 is 4.84 Å². The number of hydrogen-bond donors (Lipinski definition) is 0. The van der Waals surface area contributed by atoms with E-state index < -0.39 is 0 Å². The van der Waals surface area contributed by atoms with Crippen LogP contribution in [0.5, 0.6) is 0 Å². The molecule has 0 aromatic heterocycles. The van der Waals surface area contributed by atoms with E-state index in [4.69, 9.17) is 4.84 Å². The molecule has 1 aromatic carbocycles. The molecule has 0 amide bonds. The van der Waals surface area contributed by atoms with E-state index in [9.17, 15) is 0 Å². The van der Waals surface area contributed by atoms with E-state index in [0.29, 0.717) is 6.61 Å². The van der Waals surface area contributed by atoms with Gasteiger partial charge in [-0.3, -0.25) is 0 Å². The first-order chi connectivity index (χ1) is 6.22. The van der Waals surface area contributed by atoms with Gasteiger partial charge in [0.05, 0.1) is 6.21 Å². The van der Waals surface area contributed by atoms with Crippen LogP contribution in [0.1, 0.15) is 12.5 Å². The lowest BCUT2D eigenvalue weighted by atomic mass is 10.2. The van der Waals surface area contributed by atoms with Crippen molar-refractivity contribution in [2.75, 3.05) is 6.61 Å². The minimum Gasteiger partial charge on any atom is -0.396 e. The molecule has 0 aliphatic rings. The summed E-state index contributed by atoms with van der Waals surface area (Å²) in [5.74, 6) is 0. The maximum Gasteiger partial charge on any atom is 0.114 e. The van der Waals surface area contributed by atoms with Gasteiger partial charge in [0.1, 0.15) is 6.61 Å². The third kappa shape index (κ3) is 3.91. The molecule has 13 heavy (non-hydrogen) atoms. The molecule has 0 N–H and O–H groups in total. The van der Waals surface area contributed by atoms with Gasteiger partial charge in [0.15, 0.2) is 0 Å². The normalized spacial score (nSPS) is 10.7. The summed E-state index contributed by atoms with van der Waals surface area (Å²) >= 11 is 6.78. The molecule has 1 rings (SSSR count). The standard InChI is InChI=1S/C9H9Br2NO/c1-2-13-12-6-7-3-8(10)5-9(11)4-7/h3-6H,2H2,1H3/b12-6+. The average Bonchev–Trinajstić information content (AvgIpc) is 2.03. The smallest absolute Gasteiger partial charge is 0.114 e. The van der Waals surface area contributed by atoms with Crippen molar-refractivity contribution in [1.29, 1.82) is 0 Å². The van der Waals surface area contributed by atoms with Crippen LogP contribution in [0.2, 0.25) is 0 Å². The first-order valence-corrected chi connectivity index (χ1v) is 5.42. The predicted octanol–water partition coefficient (Wildman–Crippen LogP) is 3.58.